The van der Waals surface area contributed by atoms with Crippen molar-refractivity contribution in [2.75, 3.05) is 6.54 Å². The first-order chi connectivity index (χ1) is 10.2. The molecule has 5 nitrogen and oxygen atoms in total. The van der Waals surface area contributed by atoms with Crippen molar-refractivity contribution in [3.05, 3.63) is 23.8 Å². The zero-order valence-corrected chi connectivity index (χ0v) is 11.8. The summed E-state index contributed by atoms with van der Waals surface area (Å²) >= 11 is 0. The summed E-state index contributed by atoms with van der Waals surface area (Å²) in [6.07, 6.45) is 4.18. The van der Waals surface area contributed by atoms with E-state index in [9.17, 15) is 9.59 Å². The Morgan fingerprint density at radius 2 is 1.57 bits per heavy atom. The molecule has 0 unspecified atom stereocenters. The molecule has 2 fully saturated rings. The van der Waals surface area contributed by atoms with Gasteiger partial charge in [-0.1, -0.05) is 6.07 Å². The largest absolute Gasteiger partial charge is 0.422 e. The second-order valence-electron chi connectivity index (χ2n) is 5.71. The molecule has 1 aromatic rings. The van der Waals surface area contributed by atoms with Gasteiger partial charge >= 0.3 is 11.9 Å². The molecule has 0 aromatic heterocycles. The van der Waals surface area contributed by atoms with E-state index < -0.39 is 0 Å². The molecule has 0 bridgehead atoms. The highest BCUT2D eigenvalue weighted by Crippen LogP contribution is 2.36. The molecule has 0 spiro atoms. The lowest BCUT2D eigenvalue weighted by molar-refractivity contribution is -0.138. The normalized spacial score (nSPS) is 17.4. The summed E-state index contributed by atoms with van der Waals surface area (Å²) in [5, 5.41) is 0. The van der Waals surface area contributed by atoms with Gasteiger partial charge in [-0.25, -0.2) is 0 Å². The predicted molar refractivity (Wildman–Crippen MR) is 75.9 cm³/mol. The van der Waals surface area contributed by atoms with Gasteiger partial charge in [-0.3, -0.25) is 9.59 Å². The summed E-state index contributed by atoms with van der Waals surface area (Å²) in [6, 6.07) is 5.26. The Kier molecular flexibility index (Phi) is 3.92. The van der Waals surface area contributed by atoms with E-state index in [2.05, 4.69) is 0 Å². The predicted octanol–water partition coefficient (Wildman–Crippen LogP) is 1.82. The molecule has 112 valence electrons. The minimum atomic E-state index is -0.247. The lowest BCUT2D eigenvalue weighted by Crippen LogP contribution is -2.14. The molecular formula is C16H19NO4. The van der Waals surface area contributed by atoms with Crippen LogP contribution in [0.5, 0.6) is 11.5 Å². The molecule has 21 heavy (non-hydrogen) atoms. The quantitative estimate of drug-likeness (QED) is 0.638. The van der Waals surface area contributed by atoms with E-state index in [-0.39, 0.29) is 23.8 Å². The Morgan fingerprint density at radius 1 is 1.00 bits per heavy atom. The fourth-order valence-electron chi connectivity index (χ4n) is 2.06. The van der Waals surface area contributed by atoms with Gasteiger partial charge in [0.05, 0.1) is 11.8 Å². The van der Waals surface area contributed by atoms with Crippen molar-refractivity contribution in [3.63, 3.8) is 0 Å². The van der Waals surface area contributed by atoms with E-state index in [0.717, 1.165) is 31.2 Å². The van der Waals surface area contributed by atoms with Gasteiger partial charge in [-0.05, 0) is 56.3 Å². The van der Waals surface area contributed by atoms with Gasteiger partial charge in [0, 0.05) is 0 Å². The van der Waals surface area contributed by atoms with Gasteiger partial charge in [0.25, 0.3) is 0 Å². The van der Waals surface area contributed by atoms with Gasteiger partial charge in [0.1, 0.15) is 0 Å². The zero-order valence-electron chi connectivity index (χ0n) is 11.8. The second kappa shape index (κ2) is 5.85. The monoisotopic (exact) mass is 289 g/mol. The Balaban J connectivity index is 1.77. The molecule has 2 N–H and O–H groups in total. The van der Waals surface area contributed by atoms with Crippen LogP contribution >= 0.6 is 0 Å². The number of benzene rings is 1. The summed E-state index contributed by atoms with van der Waals surface area (Å²) in [6.45, 7) is 0.511. The molecule has 0 aliphatic heterocycles. The minimum Gasteiger partial charge on any atom is -0.422 e. The maximum absolute atomic E-state index is 11.8. The molecule has 1 aromatic carbocycles. The molecule has 2 aliphatic rings. The highest BCUT2D eigenvalue weighted by Gasteiger charge is 2.34. The summed E-state index contributed by atoms with van der Waals surface area (Å²) in [5.41, 5.74) is 6.50. The summed E-state index contributed by atoms with van der Waals surface area (Å²) in [7, 11) is 0. The number of hydrogen-bond acceptors (Lipinski definition) is 5. The van der Waals surface area contributed by atoms with E-state index in [4.69, 9.17) is 15.2 Å². The molecule has 0 amide bonds. The second-order valence-corrected chi connectivity index (χ2v) is 5.71. The maximum Gasteiger partial charge on any atom is 0.314 e. The van der Waals surface area contributed by atoms with Crippen molar-refractivity contribution >= 4 is 11.9 Å². The van der Waals surface area contributed by atoms with E-state index >= 15 is 0 Å². The summed E-state index contributed by atoms with van der Waals surface area (Å²) < 4.78 is 10.8. The van der Waals surface area contributed by atoms with Crippen LogP contribution in [0.15, 0.2) is 18.2 Å². The van der Waals surface area contributed by atoms with Crippen LogP contribution in [0.4, 0.5) is 0 Å². The van der Waals surface area contributed by atoms with Crippen LogP contribution in [0.2, 0.25) is 0 Å². The Labute approximate surface area is 123 Å². The fourth-order valence-corrected chi connectivity index (χ4v) is 2.06. The van der Waals surface area contributed by atoms with Crippen molar-refractivity contribution in [1.82, 2.24) is 0 Å². The molecular weight excluding hydrogens is 270 g/mol. The molecule has 2 saturated carbocycles. The van der Waals surface area contributed by atoms with E-state index in [1.165, 1.54) is 0 Å². The molecule has 3 rings (SSSR count). The van der Waals surface area contributed by atoms with Crippen molar-refractivity contribution in [1.29, 1.82) is 0 Å². The van der Waals surface area contributed by atoms with Crippen LogP contribution in [0, 0.1) is 11.8 Å². The average Bonchev–Trinajstić information content (AvgIpc) is 3.32. The summed E-state index contributed by atoms with van der Waals surface area (Å²) in [4.78, 5) is 23.6. The number of hydrogen-bond donors (Lipinski definition) is 1. The van der Waals surface area contributed by atoms with Crippen LogP contribution in [-0.4, -0.2) is 18.5 Å². The van der Waals surface area contributed by atoms with Gasteiger partial charge in [0.15, 0.2) is 11.5 Å². The first kappa shape index (κ1) is 14.1. The van der Waals surface area contributed by atoms with Gasteiger partial charge in [-0.15, -0.1) is 0 Å². The van der Waals surface area contributed by atoms with Crippen LogP contribution < -0.4 is 15.2 Å². The molecule has 0 heterocycles. The zero-order chi connectivity index (χ0) is 14.8. The lowest BCUT2D eigenvalue weighted by Gasteiger charge is -2.12. The lowest BCUT2D eigenvalue weighted by atomic mass is 10.1. The van der Waals surface area contributed by atoms with Crippen LogP contribution in [0.25, 0.3) is 0 Å². The smallest absolute Gasteiger partial charge is 0.314 e. The fraction of sp³-hybridized carbons (Fsp3) is 0.500. The molecule has 0 saturated heterocycles. The van der Waals surface area contributed by atoms with Crippen molar-refractivity contribution < 1.29 is 19.1 Å². The van der Waals surface area contributed by atoms with Gasteiger partial charge in [-0.2, -0.15) is 0 Å². The first-order valence-electron chi connectivity index (χ1n) is 7.43. The molecule has 0 radical (unpaired) electrons. The van der Waals surface area contributed by atoms with Crippen molar-refractivity contribution in [2.24, 2.45) is 17.6 Å². The first-order valence-corrected chi connectivity index (χ1v) is 7.43. The van der Waals surface area contributed by atoms with Crippen LogP contribution in [0.3, 0.4) is 0 Å². The number of esters is 2. The summed E-state index contributed by atoms with van der Waals surface area (Å²) in [5.74, 6) is 0.151. The topological polar surface area (TPSA) is 78.6 Å². The SMILES string of the molecule is NCCc1ccc(OC(=O)C2CC2)c(OC(=O)C2CC2)c1. The Morgan fingerprint density at radius 3 is 2.10 bits per heavy atom. The minimum absolute atomic E-state index is 0.000650. The number of carbonyl (C=O) groups is 2. The van der Waals surface area contributed by atoms with E-state index in [1.54, 1.807) is 12.1 Å². The standard InChI is InChI=1S/C16H19NO4/c17-8-7-10-1-6-13(20-15(18)11-2-3-11)14(9-10)21-16(19)12-4-5-12/h1,6,9,11-12H,2-5,7-8,17H2. The third kappa shape index (κ3) is 3.61. The van der Waals surface area contributed by atoms with Gasteiger partial charge in [0.2, 0.25) is 0 Å². The average molecular weight is 289 g/mol. The molecule has 2 aliphatic carbocycles. The Hall–Kier alpha value is -1.88. The third-order valence-corrected chi connectivity index (χ3v) is 3.68. The number of ether oxygens (including phenoxy) is 2. The number of carbonyl (C=O) groups excluding carboxylic acids is 2. The van der Waals surface area contributed by atoms with Crippen LogP contribution in [-0.2, 0) is 16.0 Å². The van der Waals surface area contributed by atoms with Crippen LogP contribution in [0.1, 0.15) is 31.2 Å². The van der Waals surface area contributed by atoms with E-state index in [1.807, 2.05) is 6.07 Å². The number of rotatable bonds is 6. The highest BCUT2D eigenvalue weighted by molar-refractivity contribution is 5.80. The van der Waals surface area contributed by atoms with Crippen molar-refractivity contribution in [3.8, 4) is 11.5 Å². The maximum atomic E-state index is 11.8. The third-order valence-electron chi connectivity index (χ3n) is 3.68. The highest BCUT2D eigenvalue weighted by atomic mass is 16.6. The van der Waals surface area contributed by atoms with Gasteiger partial charge < -0.3 is 15.2 Å². The van der Waals surface area contributed by atoms with E-state index in [0.29, 0.717) is 24.5 Å². The Bertz CT molecular complexity index is 561. The molecule has 0 atom stereocenters. The number of nitrogens with two attached hydrogens (primary N) is 1. The van der Waals surface area contributed by atoms with Crippen molar-refractivity contribution in [2.45, 2.75) is 32.1 Å². The molecule has 5 heteroatoms.